The van der Waals surface area contributed by atoms with Crippen LogP contribution in [-0.2, 0) is 9.31 Å². The molecule has 2 nitrogen and oxygen atoms in total. The molecule has 1 heterocycles. The first-order valence-corrected chi connectivity index (χ1v) is 7.92. The molecule has 4 heteroatoms. The Balaban J connectivity index is 2.38. The lowest BCUT2D eigenvalue weighted by Crippen LogP contribution is -2.41. The average Bonchev–Trinajstić information content (AvgIpc) is 2.51. The normalized spacial score (nSPS) is 20.9. The van der Waals surface area contributed by atoms with Gasteiger partial charge >= 0.3 is 7.12 Å². The van der Waals surface area contributed by atoms with Gasteiger partial charge in [0.2, 0.25) is 0 Å². The number of benzene rings is 1. The molecule has 0 bridgehead atoms. The van der Waals surface area contributed by atoms with Gasteiger partial charge in [0, 0.05) is 4.90 Å². The van der Waals surface area contributed by atoms with Crippen molar-refractivity contribution in [1.82, 2.24) is 0 Å². The summed E-state index contributed by atoms with van der Waals surface area (Å²) in [6, 6.07) is 4.30. The molecule has 19 heavy (non-hydrogen) atoms. The maximum absolute atomic E-state index is 6.13. The second kappa shape index (κ2) is 4.83. The highest BCUT2D eigenvalue weighted by Gasteiger charge is 2.52. The van der Waals surface area contributed by atoms with Gasteiger partial charge in [-0.25, -0.2) is 0 Å². The Bertz CT molecular complexity index is 481. The van der Waals surface area contributed by atoms with E-state index >= 15 is 0 Å². The maximum Gasteiger partial charge on any atom is 0.495 e. The van der Waals surface area contributed by atoms with E-state index < -0.39 is 0 Å². The highest BCUT2D eigenvalue weighted by Crippen LogP contribution is 2.37. The summed E-state index contributed by atoms with van der Waals surface area (Å²) in [7, 11) is -0.264. The summed E-state index contributed by atoms with van der Waals surface area (Å²) in [5.41, 5.74) is 3.17. The van der Waals surface area contributed by atoms with Crippen molar-refractivity contribution in [2.75, 3.05) is 6.26 Å². The van der Waals surface area contributed by atoms with Crippen LogP contribution in [0.1, 0.15) is 38.8 Å². The van der Waals surface area contributed by atoms with Crippen LogP contribution in [-0.4, -0.2) is 24.6 Å². The Morgan fingerprint density at radius 1 is 0.947 bits per heavy atom. The Kier molecular flexibility index (Phi) is 3.80. The zero-order chi connectivity index (χ0) is 14.4. The Morgan fingerprint density at radius 2 is 1.47 bits per heavy atom. The van der Waals surface area contributed by atoms with Crippen molar-refractivity contribution in [1.29, 1.82) is 0 Å². The summed E-state index contributed by atoms with van der Waals surface area (Å²) in [4.78, 5) is 1.32. The van der Waals surface area contributed by atoms with E-state index in [2.05, 4.69) is 59.9 Å². The fourth-order valence-corrected chi connectivity index (χ4v) is 2.93. The van der Waals surface area contributed by atoms with Crippen LogP contribution in [0.2, 0.25) is 0 Å². The van der Waals surface area contributed by atoms with Crippen molar-refractivity contribution in [2.24, 2.45) is 0 Å². The van der Waals surface area contributed by atoms with E-state index in [1.165, 1.54) is 16.0 Å². The second-order valence-corrected chi connectivity index (χ2v) is 7.04. The Labute approximate surface area is 121 Å². The number of rotatable bonds is 2. The molecule has 0 aliphatic carbocycles. The van der Waals surface area contributed by atoms with Gasteiger partial charge in [0.15, 0.2) is 0 Å². The van der Waals surface area contributed by atoms with E-state index in [1.54, 1.807) is 11.8 Å². The Morgan fingerprint density at radius 3 is 1.95 bits per heavy atom. The fourth-order valence-electron chi connectivity index (χ4n) is 2.26. The lowest BCUT2D eigenvalue weighted by atomic mass is 9.75. The molecule has 0 N–H and O–H groups in total. The molecule has 0 atom stereocenters. The summed E-state index contributed by atoms with van der Waals surface area (Å²) < 4.78 is 12.3. The molecule has 2 rings (SSSR count). The van der Waals surface area contributed by atoms with E-state index in [0.717, 1.165) is 5.46 Å². The summed E-state index contributed by atoms with van der Waals surface area (Å²) >= 11 is 1.78. The van der Waals surface area contributed by atoms with Crippen LogP contribution in [0.15, 0.2) is 17.0 Å². The standard InChI is InChI=1S/C15H23BO2S/c1-10-11(2)13(19-7)9-8-12(10)16-17-14(3,4)15(5,6)18-16/h8-9H,1-7H3. The molecule has 1 aromatic rings. The van der Waals surface area contributed by atoms with Gasteiger partial charge in [0.1, 0.15) is 0 Å². The van der Waals surface area contributed by atoms with Gasteiger partial charge in [0.25, 0.3) is 0 Å². The molecule has 0 aromatic heterocycles. The number of hydrogen-bond acceptors (Lipinski definition) is 3. The van der Waals surface area contributed by atoms with Gasteiger partial charge in [0.05, 0.1) is 11.2 Å². The van der Waals surface area contributed by atoms with Crippen LogP contribution in [0.3, 0.4) is 0 Å². The third kappa shape index (κ3) is 2.46. The van der Waals surface area contributed by atoms with Crippen LogP contribution in [0, 0.1) is 13.8 Å². The smallest absolute Gasteiger partial charge is 0.399 e. The molecule has 1 aromatic carbocycles. The number of hydrogen-bond donors (Lipinski definition) is 0. The molecule has 0 amide bonds. The molecule has 1 aliphatic rings. The van der Waals surface area contributed by atoms with E-state index in [0.29, 0.717) is 0 Å². The van der Waals surface area contributed by atoms with Crippen molar-refractivity contribution < 1.29 is 9.31 Å². The topological polar surface area (TPSA) is 18.5 Å². The molecule has 1 fully saturated rings. The summed E-state index contributed by atoms with van der Waals surface area (Å²) in [5.74, 6) is 0. The summed E-state index contributed by atoms with van der Waals surface area (Å²) in [6.45, 7) is 12.7. The van der Waals surface area contributed by atoms with Crippen LogP contribution in [0.25, 0.3) is 0 Å². The summed E-state index contributed by atoms with van der Waals surface area (Å²) in [6.07, 6.45) is 2.11. The lowest BCUT2D eigenvalue weighted by Gasteiger charge is -2.32. The molecular weight excluding hydrogens is 255 g/mol. The lowest BCUT2D eigenvalue weighted by molar-refractivity contribution is 0.00578. The van der Waals surface area contributed by atoms with Crippen molar-refractivity contribution in [3.8, 4) is 0 Å². The zero-order valence-electron chi connectivity index (χ0n) is 13.0. The molecule has 104 valence electrons. The van der Waals surface area contributed by atoms with Crippen LogP contribution < -0.4 is 5.46 Å². The molecule has 1 aliphatic heterocycles. The van der Waals surface area contributed by atoms with Gasteiger partial charge in [-0.1, -0.05) is 6.07 Å². The van der Waals surface area contributed by atoms with Gasteiger partial charge < -0.3 is 9.31 Å². The second-order valence-electron chi connectivity index (χ2n) is 6.20. The maximum atomic E-state index is 6.13. The van der Waals surface area contributed by atoms with Crippen molar-refractivity contribution in [3.63, 3.8) is 0 Å². The predicted octanol–water partition coefficient (Wildman–Crippen LogP) is 3.32. The SMILES string of the molecule is CSc1ccc(B2OC(C)(C)C(C)(C)O2)c(C)c1C. The molecular formula is C15H23BO2S. The van der Waals surface area contributed by atoms with Crippen LogP contribution in [0.5, 0.6) is 0 Å². The van der Waals surface area contributed by atoms with E-state index in [1.807, 2.05) is 0 Å². The van der Waals surface area contributed by atoms with Gasteiger partial charge in [-0.2, -0.15) is 0 Å². The molecule has 1 saturated heterocycles. The number of thioether (sulfide) groups is 1. The first-order chi connectivity index (χ1) is 8.69. The van der Waals surface area contributed by atoms with Crippen molar-refractivity contribution in [3.05, 3.63) is 23.3 Å². The minimum atomic E-state index is -0.282. The average molecular weight is 278 g/mol. The van der Waals surface area contributed by atoms with Crippen molar-refractivity contribution >= 4 is 24.3 Å². The largest absolute Gasteiger partial charge is 0.495 e. The van der Waals surface area contributed by atoms with Crippen molar-refractivity contribution in [2.45, 2.75) is 57.6 Å². The fraction of sp³-hybridized carbons (Fsp3) is 0.600. The molecule has 0 unspecified atom stereocenters. The van der Waals surface area contributed by atoms with E-state index in [4.69, 9.17) is 9.31 Å². The minimum Gasteiger partial charge on any atom is -0.399 e. The molecule has 0 radical (unpaired) electrons. The zero-order valence-corrected chi connectivity index (χ0v) is 13.8. The van der Waals surface area contributed by atoms with E-state index in [9.17, 15) is 0 Å². The van der Waals surface area contributed by atoms with Crippen LogP contribution in [0.4, 0.5) is 0 Å². The predicted molar refractivity (Wildman–Crippen MR) is 83.4 cm³/mol. The monoisotopic (exact) mass is 278 g/mol. The van der Waals surface area contributed by atoms with Gasteiger partial charge in [-0.3, -0.25) is 0 Å². The Hall–Kier alpha value is -0.445. The third-order valence-electron chi connectivity index (χ3n) is 4.51. The third-order valence-corrected chi connectivity index (χ3v) is 5.39. The van der Waals surface area contributed by atoms with Crippen LogP contribution >= 0.6 is 11.8 Å². The quantitative estimate of drug-likeness (QED) is 0.610. The summed E-state index contributed by atoms with van der Waals surface area (Å²) in [5, 5.41) is 0. The first kappa shape index (κ1) is 15.0. The first-order valence-electron chi connectivity index (χ1n) is 6.69. The highest BCUT2D eigenvalue weighted by atomic mass is 32.2. The molecule has 0 spiro atoms. The van der Waals surface area contributed by atoms with Gasteiger partial charge in [-0.05, 0) is 70.5 Å². The van der Waals surface area contributed by atoms with E-state index in [-0.39, 0.29) is 18.3 Å². The van der Waals surface area contributed by atoms with Gasteiger partial charge in [-0.15, -0.1) is 11.8 Å². The molecule has 0 saturated carbocycles. The minimum absolute atomic E-state index is 0.264. The highest BCUT2D eigenvalue weighted by molar-refractivity contribution is 7.98.